The van der Waals surface area contributed by atoms with Gasteiger partial charge in [0.2, 0.25) is 0 Å². The summed E-state index contributed by atoms with van der Waals surface area (Å²) in [6.45, 7) is 2.11. The predicted molar refractivity (Wildman–Crippen MR) is 62.9 cm³/mol. The molecule has 3 nitrogen and oxygen atoms in total. The summed E-state index contributed by atoms with van der Waals surface area (Å²) in [5.74, 6) is -0.465. The van der Waals surface area contributed by atoms with E-state index >= 15 is 0 Å². The molecule has 0 bridgehead atoms. The molecule has 2 N–H and O–H groups in total. The summed E-state index contributed by atoms with van der Waals surface area (Å²) >= 11 is 0. The molecule has 0 saturated heterocycles. The third kappa shape index (κ3) is 3.26. The van der Waals surface area contributed by atoms with E-state index in [0.717, 1.165) is 25.7 Å². The Morgan fingerprint density at radius 2 is 1.75 bits per heavy atom. The summed E-state index contributed by atoms with van der Waals surface area (Å²) < 4.78 is 0. The first-order valence-corrected chi connectivity index (χ1v) is 5.71. The van der Waals surface area contributed by atoms with Crippen molar-refractivity contribution in [3.8, 4) is 11.5 Å². The average molecular weight is 222 g/mol. The fourth-order valence-electron chi connectivity index (χ4n) is 1.65. The highest BCUT2D eigenvalue weighted by molar-refractivity contribution is 6.01. The highest BCUT2D eigenvalue weighted by Crippen LogP contribution is 2.28. The molecule has 0 aliphatic heterocycles. The van der Waals surface area contributed by atoms with E-state index in [2.05, 4.69) is 6.92 Å². The second-order valence-corrected chi connectivity index (χ2v) is 3.91. The molecule has 0 atom stereocenters. The molecule has 1 aromatic carbocycles. The standard InChI is InChI=1S/C13H18O3/c1-2-3-4-5-7-10(14)13-11(15)8-6-9-12(13)16/h6,8-9,15-16H,2-5,7H2,1H3. The maximum absolute atomic E-state index is 11.7. The van der Waals surface area contributed by atoms with Gasteiger partial charge in [0.1, 0.15) is 17.1 Å². The Morgan fingerprint density at radius 3 is 2.31 bits per heavy atom. The number of carbonyl (C=O) groups is 1. The summed E-state index contributed by atoms with van der Waals surface area (Å²) in [7, 11) is 0. The van der Waals surface area contributed by atoms with E-state index < -0.39 is 0 Å². The summed E-state index contributed by atoms with van der Waals surface area (Å²) in [6.07, 6.45) is 4.43. The van der Waals surface area contributed by atoms with Crippen LogP contribution in [0.1, 0.15) is 49.4 Å². The van der Waals surface area contributed by atoms with Crippen LogP contribution in [0, 0.1) is 0 Å². The van der Waals surface area contributed by atoms with Crippen molar-refractivity contribution in [2.24, 2.45) is 0 Å². The smallest absolute Gasteiger partial charge is 0.170 e. The second kappa shape index (κ2) is 6.16. The summed E-state index contributed by atoms with van der Waals surface area (Å²) in [5, 5.41) is 19.0. The first-order valence-electron chi connectivity index (χ1n) is 5.71. The summed E-state index contributed by atoms with van der Waals surface area (Å²) in [5.41, 5.74) is 0.0546. The van der Waals surface area contributed by atoms with Crippen LogP contribution in [-0.4, -0.2) is 16.0 Å². The zero-order valence-electron chi connectivity index (χ0n) is 9.57. The van der Waals surface area contributed by atoms with Gasteiger partial charge in [0.25, 0.3) is 0 Å². The van der Waals surface area contributed by atoms with Gasteiger partial charge in [-0.15, -0.1) is 0 Å². The third-order valence-corrected chi connectivity index (χ3v) is 2.56. The Bertz CT molecular complexity index is 338. The van der Waals surface area contributed by atoms with Gasteiger partial charge in [-0.05, 0) is 18.6 Å². The normalized spacial score (nSPS) is 10.3. The number of Topliss-reactive ketones (excluding diaryl/α,β-unsaturated/α-hetero) is 1. The predicted octanol–water partition coefficient (Wildman–Crippen LogP) is 3.25. The van der Waals surface area contributed by atoms with Crippen molar-refractivity contribution in [2.75, 3.05) is 0 Å². The van der Waals surface area contributed by atoms with Crippen molar-refractivity contribution in [1.82, 2.24) is 0 Å². The first-order chi connectivity index (χ1) is 7.66. The Balaban J connectivity index is 2.59. The minimum absolute atomic E-state index is 0.0546. The number of hydrogen-bond donors (Lipinski definition) is 2. The molecule has 0 fully saturated rings. The van der Waals surface area contributed by atoms with Gasteiger partial charge in [-0.1, -0.05) is 32.3 Å². The van der Waals surface area contributed by atoms with Crippen LogP contribution in [0.25, 0.3) is 0 Å². The number of carbonyl (C=O) groups excluding carboxylic acids is 1. The lowest BCUT2D eigenvalue weighted by molar-refractivity contribution is 0.0974. The lowest BCUT2D eigenvalue weighted by Crippen LogP contribution is -2.00. The monoisotopic (exact) mass is 222 g/mol. The lowest BCUT2D eigenvalue weighted by atomic mass is 10.0. The minimum Gasteiger partial charge on any atom is -0.507 e. The highest BCUT2D eigenvalue weighted by Gasteiger charge is 2.14. The van der Waals surface area contributed by atoms with Gasteiger partial charge < -0.3 is 10.2 Å². The molecule has 0 aliphatic carbocycles. The number of unbranched alkanes of at least 4 members (excludes halogenated alkanes) is 3. The van der Waals surface area contributed by atoms with Gasteiger partial charge in [0.05, 0.1) is 0 Å². The largest absolute Gasteiger partial charge is 0.507 e. The van der Waals surface area contributed by atoms with Crippen LogP contribution in [0.3, 0.4) is 0 Å². The molecule has 1 rings (SSSR count). The van der Waals surface area contributed by atoms with E-state index in [9.17, 15) is 15.0 Å². The van der Waals surface area contributed by atoms with Crippen LogP contribution in [0.15, 0.2) is 18.2 Å². The highest BCUT2D eigenvalue weighted by atomic mass is 16.3. The SMILES string of the molecule is CCCCCCC(=O)c1c(O)cccc1O. The maximum atomic E-state index is 11.7. The molecule has 1 aromatic rings. The van der Waals surface area contributed by atoms with Crippen LogP contribution >= 0.6 is 0 Å². The number of rotatable bonds is 6. The fourth-order valence-corrected chi connectivity index (χ4v) is 1.65. The van der Waals surface area contributed by atoms with Crippen molar-refractivity contribution in [1.29, 1.82) is 0 Å². The molecule has 0 radical (unpaired) electrons. The molecular formula is C13H18O3. The molecule has 3 heteroatoms. The maximum Gasteiger partial charge on any atom is 0.170 e. The summed E-state index contributed by atoms with van der Waals surface area (Å²) in [4.78, 5) is 11.7. The van der Waals surface area contributed by atoms with E-state index in [1.54, 1.807) is 0 Å². The number of benzene rings is 1. The second-order valence-electron chi connectivity index (χ2n) is 3.91. The first kappa shape index (κ1) is 12.6. The van der Waals surface area contributed by atoms with Crippen LogP contribution in [0.2, 0.25) is 0 Å². The van der Waals surface area contributed by atoms with E-state index in [0.29, 0.717) is 6.42 Å². The third-order valence-electron chi connectivity index (χ3n) is 2.56. The molecule has 0 heterocycles. The molecule has 0 unspecified atom stereocenters. The molecule has 0 aliphatic rings. The number of phenolic OH excluding ortho intramolecular Hbond substituents is 2. The van der Waals surface area contributed by atoms with Gasteiger partial charge in [-0.3, -0.25) is 4.79 Å². The average Bonchev–Trinajstić information content (AvgIpc) is 2.24. The Labute approximate surface area is 95.7 Å². The van der Waals surface area contributed by atoms with Gasteiger partial charge in [0, 0.05) is 6.42 Å². The van der Waals surface area contributed by atoms with Gasteiger partial charge in [0.15, 0.2) is 5.78 Å². The Hall–Kier alpha value is -1.51. The zero-order valence-corrected chi connectivity index (χ0v) is 9.57. The van der Waals surface area contributed by atoms with E-state index in [4.69, 9.17) is 0 Å². The number of phenols is 2. The molecule has 0 saturated carbocycles. The van der Waals surface area contributed by atoms with E-state index in [1.807, 2.05) is 0 Å². The fraction of sp³-hybridized carbons (Fsp3) is 0.462. The van der Waals surface area contributed by atoms with Gasteiger partial charge in [-0.2, -0.15) is 0 Å². The van der Waals surface area contributed by atoms with Gasteiger partial charge in [-0.25, -0.2) is 0 Å². The van der Waals surface area contributed by atoms with E-state index in [1.165, 1.54) is 18.2 Å². The van der Waals surface area contributed by atoms with Crippen molar-refractivity contribution in [2.45, 2.75) is 39.0 Å². The van der Waals surface area contributed by atoms with Crippen LogP contribution < -0.4 is 0 Å². The molecule has 16 heavy (non-hydrogen) atoms. The quantitative estimate of drug-likeness (QED) is 0.573. The van der Waals surface area contributed by atoms with Crippen molar-refractivity contribution in [3.05, 3.63) is 23.8 Å². The number of hydrogen-bond acceptors (Lipinski definition) is 3. The van der Waals surface area contributed by atoms with Gasteiger partial charge >= 0.3 is 0 Å². The summed E-state index contributed by atoms with van der Waals surface area (Å²) in [6, 6.07) is 4.34. The topological polar surface area (TPSA) is 57.5 Å². The molecule has 0 aromatic heterocycles. The number of ketones is 1. The molecule has 88 valence electrons. The Morgan fingerprint density at radius 1 is 1.12 bits per heavy atom. The minimum atomic E-state index is -0.188. The number of aromatic hydroxyl groups is 2. The van der Waals surface area contributed by atoms with Crippen molar-refractivity contribution >= 4 is 5.78 Å². The van der Waals surface area contributed by atoms with Crippen LogP contribution in [0.5, 0.6) is 11.5 Å². The van der Waals surface area contributed by atoms with E-state index in [-0.39, 0.29) is 22.8 Å². The molecule has 0 spiro atoms. The lowest BCUT2D eigenvalue weighted by Gasteiger charge is -2.05. The zero-order chi connectivity index (χ0) is 12.0. The molecular weight excluding hydrogens is 204 g/mol. The van der Waals surface area contributed by atoms with Crippen LogP contribution in [-0.2, 0) is 0 Å². The van der Waals surface area contributed by atoms with Crippen molar-refractivity contribution < 1.29 is 15.0 Å². The van der Waals surface area contributed by atoms with Crippen LogP contribution in [0.4, 0.5) is 0 Å². The molecule has 0 amide bonds. The Kier molecular flexibility index (Phi) is 4.83. The van der Waals surface area contributed by atoms with Crippen molar-refractivity contribution in [3.63, 3.8) is 0 Å².